The number of hydrogen-bond acceptors (Lipinski definition) is 9. The third-order valence-electron chi connectivity index (χ3n) is 8.20. The molecule has 1 aliphatic rings. The Morgan fingerprint density at radius 3 is 2.35 bits per heavy atom. The number of nitrogens with zero attached hydrogens (tertiary/aromatic N) is 2. The Kier molecular flexibility index (Phi) is 10.8. The molecule has 1 heterocycles. The van der Waals surface area contributed by atoms with Gasteiger partial charge < -0.3 is 42.8 Å². The fourth-order valence-electron chi connectivity index (χ4n) is 5.64. The molecule has 46 heavy (non-hydrogen) atoms. The highest BCUT2D eigenvalue weighted by Gasteiger charge is 2.43. The average molecular weight is 631 g/mol. The molecule has 0 bridgehead atoms. The fraction of sp³-hybridized carbons (Fsp3) is 0.333. The molecule has 4 amide bonds. The van der Waals surface area contributed by atoms with Crippen LogP contribution in [0.2, 0.25) is 0 Å². The van der Waals surface area contributed by atoms with Crippen molar-refractivity contribution in [2.24, 2.45) is 23.2 Å². The number of primary amides is 1. The summed E-state index contributed by atoms with van der Waals surface area (Å²) < 4.78 is 0. The van der Waals surface area contributed by atoms with E-state index < -0.39 is 47.9 Å². The minimum absolute atomic E-state index is 0.0386. The van der Waals surface area contributed by atoms with Crippen molar-refractivity contribution < 1.29 is 24.3 Å². The van der Waals surface area contributed by atoms with Crippen LogP contribution in [0.5, 0.6) is 0 Å². The molecular weight excluding hydrogens is 588 g/mol. The van der Waals surface area contributed by atoms with Crippen LogP contribution in [0.4, 0.5) is 5.69 Å². The minimum atomic E-state index is -1.71. The largest absolute Gasteiger partial charge is 0.403 e. The van der Waals surface area contributed by atoms with Gasteiger partial charge in [0.1, 0.15) is 6.04 Å². The van der Waals surface area contributed by atoms with E-state index in [1.54, 1.807) is 36.4 Å². The number of aliphatic hydroxyl groups excluding tert-OH is 1. The summed E-state index contributed by atoms with van der Waals surface area (Å²) in [5, 5.41) is 19.3. The summed E-state index contributed by atoms with van der Waals surface area (Å²) in [4.78, 5) is 53.7. The van der Waals surface area contributed by atoms with Crippen molar-refractivity contribution in [2.45, 2.75) is 50.9 Å². The second-order valence-corrected chi connectivity index (χ2v) is 11.8. The molecule has 0 saturated carbocycles. The molecule has 0 aliphatic carbocycles. The molecule has 3 aromatic carbocycles. The number of hydrazine groups is 1. The van der Waals surface area contributed by atoms with Gasteiger partial charge in [-0.25, -0.2) is 5.84 Å². The van der Waals surface area contributed by atoms with Crippen LogP contribution in [0.15, 0.2) is 78.6 Å². The van der Waals surface area contributed by atoms with Gasteiger partial charge >= 0.3 is 0 Å². The van der Waals surface area contributed by atoms with Crippen LogP contribution in [-0.2, 0) is 20.8 Å². The third-order valence-corrected chi connectivity index (χ3v) is 8.20. The first-order chi connectivity index (χ1) is 21.9. The fourth-order valence-corrected chi connectivity index (χ4v) is 5.64. The van der Waals surface area contributed by atoms with Crippen molar-refractivity contribution in [3.05, 3.63) is 89.8 Å². The number of rotatable bonds is 12. The number of aliphatic hydroxyl groups is 1. The van der Waals surface area contributed by atoms with Crippen LogP contribution in [0.3, 0.4) is 0 Å². The highest BCUT2D eigenvalue weighted by molar-refractivity contribution is 6.00. The number of nitrogens with one attached hydrogen (secondary N) is 2. The maximum atomic E-state index is 13.8. The predicted molar refractivity (Wildman–Crippen MR) is 175 cm³/mol. The van der Waals surface area contributed by atoms with Crippen LogP contribution in [-0.4, -0.2) is 76.0 Å². The maximum Gasteiger partial charge on any atom is 0.251 e. The standard InChI is InChI=1S/C33H42N8O5/c1-19(2)28(16-34)41(37)25-15-27(33(46)39-26(30(43)31(36)44)13-20-7-11-24(35)12-8-20)40(18-25)29(42)17-38-32(45)23-10-9-21-5-3-4-6-22(21)14-23/h3-12,14,16,19,25-27,30,43H,13,15,17-18,34-35,37H2,1-2H3,(H2,36,44)(H,38,45)(H,39,46)/b28-16-. The first-order valence-corrected chi connectivity index (χ1v) is 15.0. The van der Waals surface area contributed by atoms with Gasteiger partial charge in [0.2, 0.25) is 17.7 Å². The topological polar surface area (TPSA) is 223 Å². The first kappa shape index (κ1) is 33.7. The number of hydrogen-bond donors (Lipinski definition) is 7. The van der Waals surface area contributed by atoms with E-state index >= 15 is 0 Å². The van der Waals surface area contributed by atoms with Gasteiger partial charge in [-0.05, 0) is 52.9 Å². The maximum absolute atomic E-state index is 13.8. The number of fused-ring (bicyclic) bond motifs is 1. The molecule has 4 unspecified atom stereocenters. The Bertz CT molecular complexity index is 1610. The van der Waals surface area contributed by atoms with Gasteiger partial charge in [0.15, 0.2) is 6.10 Å². The number of nitrogens with two attached hydrogens (primary N) is 4. The number of anilines is 1. The summed E-state index contributed by atoms with van der Waals surface area (Å²) in [7, 11) is 0. The summed E-state index contributed by atoms with van der Waals surface area (Å²) >= 11 is 0. The van der Waals surface area contributed by atoms with Gasteiger partial charge in [-0.15, -0.1) is 0 Å². The van der Waals surface area contributed by atoms with Crippen molar-refractivity contribution in [3.63, 3.8) is 0 Å². The zero-order valence-corrected chi connectivity index (χ0v) is 25.9. The van der Waals surface area contributed by atoms with E-state index in [2.05, 4.69) is 10.6 Å². The van der Waals surface area contributed by atoms with Gasteiger partial charge in [0, 0.05) is 36.1 Å². The Hall–Kier alpha value is -5.14. The molecule has 4 rings (SSSR count). The van der Waals surface area contributed by atoms with Gasteiger partial charge in [-0.1, -0.05) is 56.3 Å². The lowest BCUT2D eigenvalue weighted by molar-refractivity contribution is -0.139. The van der Waals surface area contributed by atoms with E-state index in [0.717, 1.165) is 10.8 Å². The molecule has 1 fully saturated rings. The number of nitrogen functional groups attached to an aromatic ring is 1. The van der Waals surface area contributed by atoms with Crippen LogP contribution in [0.25, 0.3) is 10.8 Å². The molecule has 13 heteroatoms. The second kappa shape index (κ2) is 14.8. The Morgan fingerprint density at radius 1 is 1.04 bits per heavy atom. The Balaban J connectivity index is 1.54. The van der Waals surface area contributed by atoms with Crippen LogP contribution >= 0.6 is 0 Å². The second-order valence-electron chi connectivity index (χ2n) is 11.8. The van der Waals surface area contributed by atoms with Crippen molar-refractivity contribution >= 4 is 40.1 Å². The molecule has 0 radical (unpaired) electrons. The van der Waals surface area contributed by atoms with Gasteiger partial charge in [-0.3, -0.25) is 19.2 Å². The number of benzene rings is 3. The zero-order chi connectivity index (χ0) is 33.5. The first-order valence-electron chi connectivity index (χ1n) is 15.0. The van der Waals surface area contributed by atoms with Crippen molar-refractivity contribution in [1.29, 1.82) is 0 Å². The van der Waals surface area contributed by atoms with E-state index in [0.29, 0.717) is 22.5 Å². The predicted octanol–water partition coefficient (Wildman–Crippen LogP) is 0.327. The molecule has 13 nitrogen and oxygen atoms in total. The van der Waals surface area contributed by atoms with E-state index in [1.165, 1.54) is 16.1 Å². The molecule has 244 valence electrons. The molecule has 3 aromatic rings. The molecule has 4 atom stereocenters. The van der Waals surface area contributed by atoms with Crippen LogP contribution in [0.1, 0.15) is 36.2 Å². The van der Waals surface area contributed by atoms with Gasteiger partial charge in [-0.2, -0.15) is 0 Å². The number of amides is 4. The quantitative estimate of drug-likeness (QED) is 0.0831. The van der Waals surface area contributed by atoms with E-state index in [-0.39, 0.29) is 31.8 Å². The van der Waals surface area contributed by atoms with Crippen molar-refractivity contribution in [2.75, 3.05) is 18.8 Å². The number of carbonyl (C=O) groups excluding carboxylic acids is 4. The van der Waals surface area contributed by atoms with Crippen molar-refractivity contribution in [3.8, 4) is 0 Å². The number of carbonyl (C=O) groups is 4. The average Bonchev–Trinajstić information content (AvgIpc) is 3.49. The summed E-state index contributed by atoms with van der Waals surface area (Å²) in [6, 6.07) is 16.9. The van der Waals surface area contributed by atoms with Gasteiger partial charge in [0.05, 0.1) is 18.6 Å². The van der Waals surface area contributed by atoms with Crippen molar-refractivity contribution in [1.82, 2.24) is 20.5 Å². The molecule has 0 spiro atoms. The van der Waals surface area contributed by atoms with E-state index in [4.69, 9.17) is 23.0 Å². The monoisotopic (exact) mass is 630 g/mol. The molecule has 0 aromatic heterocycles. The van der Waals surface area contributed by atoms with E-state index in [1.807, 2.05) is 44.2 Å². The van der Waals surface area contributed by atoms with Crippen LogP contribution < -0.4 is 33.7 Å². The highest BCUT2D eigenvalue weighted by atomic mass is 16.3. The summed E-state index contributed by atoms with van der Waals surface area (Å²) in [6.07, 6.45) is -0.126. The Morgan fingerprint density at radius 2 is 1.72 bits per heavy atom. The summed E-state index contributed by atoms with van der Waals surface area (Å²) in [6.45, 7) is 3.51. The minimum Gasteiger partial charge on any atom is -0.403 e. The normalized spacial score (nSPS) is 17.8. The van der Waals surface area contributed by atoms with E-state index in [9.17, 15) is 24.3 Å². The Labute approximate surface area is 267 Å². The third kappa shape index (κ3) is 7.92. The number of likely N-dealkylation sites (tertiary alicyclic amines) is 1. The SMILES string of the molecule is CC(C)/C(=C/N)N(N)C1CC(C(=O)NC(Cc2ccc(N)cc2)C(O)C(N)=O)N(C(=O)CNC(=O)c2ccc3ccccc3c2)C1. The molecule has 1 aliphatic heterocycles. The zero-order valence-electron chi connectivity index (χ0n) is 25.9. The molecular formula is C33H42N8O5. The summed E-state index contributed by atoms with van der Waals surface area (Å²) in [5.41, 5.74) is 19.2. The smallest absolute Gasteiger partial charge is 0.251 e. The van der Waals surface area contributed by atoms with Crippen LogP contribution in [0, 0.1) is 5.92 Å². The van der Waals surface area contributed by atoms with Gasteiger partial charge in [0.25, 0.3) is 5.91 Å². The lowest BCUT2D eigenvalue weighted by atomic mass is 9.99. The molecule has 11 N–H and O–H groups in total. The number of allylic oxidation sites excluding steroid dienone is 1. The highest BCUT2D eigenvalue weighted by Crippen LogP contribution is 2.26. The lowest BCUT2D eigenvalue weighted by Crippen LogP contribution is -2.55. The molecule has 1 saturated heterocycles. The summed E-state index contributed by atoms with van der Waals surface area (Å²) in [5.74, 6) is 3.81. The lowest BCUT2D eigenvalue weighted by Gasteiger charge is -2.30.